The van der Waals surface area contributed by atoms with Crippen LogP contribution in [0.5, 0.6) is 0 Å². The van der Waals surface area contributed by atoms with Gasteiger partial charge >= 0.3 is 0 Å². The standard InChI is InChI=1S/C17H21N5O/c1-11-8-15(14(9-18)12(2)21-11)19-10-13-5-7-23-17(13)16-4-6-20-22(16)3/h4,6,8,13,17H,5,7,10H2,1-3H3,(H,19,21)/t13-,17+/m0/s1. The lowest BCUT2D eigenvalue weighted by Crippen LogP contribution is -2.20. The highest BCUT2D eigenvalue weighted by atomic mass is 16.5. The zero-order chi connectivity index (χ0) is 16.4. The first kappa shape index (κ1) is 15.5. The molecule has 1 N–H and O–H groups in total. The van der Waals surface area contributed by atoms with Gasteiger partial charge in [0, 0.05) is 38.0 Å². The van der Waals surface area contributed by atoms with Crippen LogP contribution in [0, 0.1) is 31.1 Å². The fourth-order valence-corrected chi connectivity index (χ4v) is 3.18. The molecule has 23 heavy (non-hydrogen) atoms. The van der Waals surface area contributed by atoms with E-state index in [-0.39, 0.29) is 6.10 Å². The zero-order valence-corrected chi connectivity index (χ0v) is 13.7. The van der Waals surface area contributed by atoms with Gasteiger partial charge < -0.3 is 10.1 Å². The smallest absolute Gasteiger partial charge is 0.104 e. The van der Waals surface area contributed by atoms with Crippen molar-refractivity contribution in [3.63, 3.8) is 0 Å². The summed E-state index contributed by atoms with van der Waals surface area (Å²) >= 11 is 0. The highest BCUT2D eigenvalue weighted by Gasteiger charge is 2.31. The highest BCUT2D eigenvalue weighted by molar-refractivity contribution is 5.59. The Morgan fingerprint density at radius 2 is 2.30 bits per heavy atom. The van der Waals surface area contributed by atoms with Crippen LogP contribution >= 0.6 is 0 Å². The van der Waals surface area contributed by atoms with E-state index in [9.17, 15) is 5.26 Å². The van der Waals surface area contributed by atoms with Crippen LogP contribution in [0.15, 0.2) is 18.3 Å². The molecule has 0 spiro atoms. The number of nitrogens with one attached hydrogen (secondary N) is 1. The van der Waals surface area contributed by atoms with Gasteiger partial charge in [0.2, 0.25) is 0 Å². The van der Waals surface area contributed by atoms with E-state index in [0.29, 0.717) is 11.5 Å². The molecular weight excluding hydrogens is 290 g/mol. The van der Waals surface area contributed by atoms with Crippen molar-refractivity contribution in [1.29, 1.82) is 5.26 Å². The number of anilines is 1. The molecule has 1 aliphatic heterocycles. The second-order valence-corrected chi connectivity index (χ2v) is 5.98. The Morgan fingerprint density at radius 3 is 3.00 bits per heavy atom. The fourth-order valence-electron chi connectivity index (χ4n) is 3.18. The number of ether oxygens (including phenoxy) is 1. The van der Waals surface area contributed by atoms with E-state index in [1.165, 1.54) is 0 Å². The molecule has 0 aromatic carbocycles. The molecule has 0 saturated carbocycles. The monoisotopic (exact) mass is 311 g/mol. The number of aromatic nitrogens is 3. The lowest BCUT2D eigenvalue weighted by Gasteiger charge is -2.20. The fraction of sp³-hybridized carbons (Fsp3) is 0.471. The van der Waals surface area contributed by atoms with Crippen LogP contribution in [0.4, 0.5) is 5.69 Å². The molecule has 120 valence electrons. The van der Waals surface area contributed by atoms with Crippen LogP contribution in [0.25, 0.3) is 0 Å². The second-order valence-electron chi connectivity index (χ2n) is 5.98. The van der Waals surface area contributed by atoms with Gasteiger partial charge in [-0.15, -0.1) is 0 Å². The van der Waals surface area contributed by atoms with Crippen molar-refractivity contribution in [2.45, 2.75) is 26.4 Å². The van der Waals surface area contributed by atoms with Gasteiger partial charge in [-0.1, -0.05) is 0 Å². The maximum absolute atomic E-state index is 9.35. The Kier molecular flexibility index (Phi) is 4.30. The molecule has 0 unspecified atom stereocenters. The summed E-state index contributed by atoms with van der Waals surface area (Å²) in [7, 11) is 1.94. The van der Waals surface area contributed by atoms with E-state index >= 15 is 0 Å². The predicted molar refractivity (Wildman–Crippen MR) is 86.9 cm³/mol. The molecule has 0 aliphatic carbocycles. The quantitative estimate of drug-likeness (QED) is 0.939. The van der Waals surface area contributed by atoms with E-state index in [2.05, 4.69) is 21.5 Å². The summed E-state index contributed by atoms with van der Waals surface area (Å²) in [5, 5.41) is 17.0. The molecule has 1 aliphatic rings. The van der Waals surface area contributed by atoms with E-state index in [1.54, 1.807) is 6.20 Å². The number of hydrogen-bond donors (Lipinski definition) is 1. The van der Waals surface area contributed by atoms with E-state index < -0.39 is 0 Å². The van der Waals surface area contributed by atoms with Gasteiger partial charge in [0.15, 0.2) is 0 Å². The Labute approximate surface area is 136 Å². The Balaban J connectivity index is 1.76. The number of nitriles is 1. The van der Waals surface area contributed by atoms with Crippen LogP contribution < -0.4 is 5.32 Å². The third kappa shape index (κ3) is 3.06. The van der Waals surface area contributed by atoms with Crippen LogP contribution in [0.2, 0.25) is 0 Å². The van der Waals surface area contributed by atoms with E-state index in [4.69, 9.17) is 4.74 Å². The number of nitrogens with zero attached hydrogens (tertiary/aromatic N) is 4. The Bertz CT molecular complexity index is 746. The molecule has 2 aromatic rings. The van der Waals surface area contributed by atoms with Crippen LogP contribution in [-0.4, -0.2) is 27.9 Å². The predicted octanol–water partition coefficient (Wildman–Crippen LogP) is 2.49. The van der Waals surface area contributed by atoms with Gasteiger partial charge in [-0.2, -0.15) is 10.4 Å². The van der Waals surface area contributed by atoms with Crippen molar-refractivity contribution < 1.29 is 4.74 Å². The lowest BCUT2D eigenvalue weighted by molar-refractivity contribution is 0.0866. The summed E-state index contributed by atoms with van der Waals surface area (Å²) < 4.78 is 7.77. The van der Waals surface area contributed by atoms with Crippen molar-refractivity contribution >= 4 is 5.69 Å². The van der Waals surface area contributed by atoms with Gasteiger partial charge in [-0.3, -0.25) is 9.67 Å². The summed E-state index contributed by atoms with van der Waals surface area (Å²) in [6.07, 6.45) is 2.84. The Hall–Kier alpha value is -2.39. The average Bonchev–Trinajstić information content (AvgIpc) is 3.12. The number of aryl methyl sites for hydroxylation is 3. The first-order valence-electron chi connectivity index (χ1n) is 7.82. The normalized spacial score (nSPS) is 20.4. The van der Waals surface area contributed by atoms with E-state index in [0.717, 1.165) is 42.3 Å². The molecule has 0 bridgehead atoms. The van der Waals surface area contributed by atoms with Gasteiger partial charge in [0.05, 0.1) is 22.6 Å². The number of rotatable bonds is 4. The minimum atomic E-state index is 0.0459. The number of pyridine rings is 1. The summed E-state index contributed by atoms with van der Waals surface area (Å²) in [5.41, 5.74) is 4.24. The molecule has 2 atom stereocenters. The molecule has 6 heteroatoms. The number of hydrogen-bond acceptors (Lipinski definition) is 5. The minimum absolute atomic E-state index is 0.0459. The minimum Gasteiger partial charge on any atom is -0.383 e. The van der Waals surface area contributed by atoms with Gasteiger partial charge in [-0.25, -0.2) is 0 Å². The largest absolute Gasteiger partial charge is 0.383 e. The molecule has 2 aromatic heterocycles. The molecule has 1 fully saturated rings. The molecule has 3 rings (SSSR count). The van der Waals surface area contributed by atoms with Crippen molar-refractivity contribution in [2.24, 2.45) is 13.0 Å². The van der Waals surface area contributed by atoms with Crippen LogP contribution in [-0.2, 0) is 11.8 Å². The third-order valence-electron chi connectivity index (χ3n) is 4.36. The van der Waals surface area contributed by atoms with E-state index in [1.807, 2.05) is 37.7 Å². The first-order valence-corrected chi connectivity index (χ1v) is 7.82. The summed E-state index contributed by atoms with van der Waals surface area (Å²) in [5.74, 6) is 0.353. The summed E-state index contributed by atoms with van der Waals surface area (Å²) in [6.45, 7) is 5.32. The van der Waals surface area contributed by atoms with Crippen LogP contribution in [0.3, 0.4) is 0 Å². The maximum Gasteiger partial charge on any atom is 0.104 e. The van der Waals surface area contributed by atoms with Crippen molar-refractivity contribution in [3.8, 4) is 6.07 Å². The van der Waals surface area contributed by atoms with Gasteiger partial charge in [0.1, 0.15) is 12.2 Å². The first-order chi connectivity index (χ1) is 11.1. The zero-order valence-electron chi connectivity index (χ0n) is 13.7. The molecule has 3 heterocycles. The lowest BCUT2D eigenvalue weighted by atomic mass is 9.98. The SMILES string of the molecule is Cc1cc(NC[C@@H]2CCO[C@H]2c2ccnn2C)c(C#N)c(C)n1. The third-order valence-corrected chi connectivity index (χ3v) is 4.36. The average molecular weight is 311 g/mol. The summed E-state index contributed by atoms with van der Waals surface area (Å²) in [6, 6.07) is 6.18. The molecule has 0 amide bonds. The molecule has 0 radical (unpaired) electrons. The van der Waals surface area contributed by atoms with Crippen LogP contribution in [0.1, 0.15) is 35.2 Å². The second kappa shape index (κ2) is 6.39. The van der Waals surface area contributed by atoms with Crippen molar-refractivity contribution in [2.75, 3.05) is 18.5 Å². The van der Waals surface area contributed by atoms with Crippen molar-refractivity contribution in [1.82, 2.24) is 14.8 Å². The van der Waals surface area contributed by atoms with Gasteiger partial charge in [-0.05, 0) is 32.4 Å². The highest BCUT2D eigenvalue weighted by Crippen LogP contribution is 2.34. The van der Waals surface area contributed by atoms with Gasteiger partial charge in [0.25, 0.3) is 0 Å². The summed E-state index contributed by atoms with van der Waals surface area (Å²) in [4.78, 5) is 4.35. The molecule has 1 saturated heterocycles. The Morgan fingerprint density at radius 1 is 1.48 bits per heavy atom. The topological polar surface area (TPSA) is 75.8 Å². The molecular formula is C17H21N5O. The molecule has 6 nitrogen and oxygen atoms in total. The van der Waals surface area contributed by atoms with Crippen molar-refractivity contribution in [3.05, 3.63) is 41.0 Å². The maximum atomic E-state index is 9.35.